The van der Waals surface area contributed by atoms with Crippen molar-refractivity contribution in [3.8, 4) is 0 Å². The Bertz CT molecular complexity index is 710. The number of anilines is 1. The van der Waals surface area contributed by atoms with E-state index in [-0.39, 0.29) is 24.1 Å². The van der Waals surface area contributed by atoms with E-state index in [0.717, 1.165) is 31.4 Å². The fraction of sp³-hybridized carbons (Fsp3) is 0.412. The summed E-state index contributed by atoms with van der Waals surface area (Å²) >= 11 is 1.21. The van der Waals surface area contributed by atoms with Crippen LogP contribution in [0.2, 0.25) is 0 Å². The Hall–Kier alpha value is -2.22. The molecule has 6 nitrogen and oxygen atoms in total. The molecule has 25 heavy (non-hydrogen) atoms. The van der Waals surface area contributed by atoms with Crippen molar-refractivity contribution in [3.05, 3.63) is 30.1 Å². The van der Waals surface area contributed by atoms with E-state index in [2.05, 4.69) is 20.8 Å². The molecule has 2 N–H and O–H groups in total. The molecule has 0 unspecified atom stereocenters. The first-order valence-electron chi connectivity index (χ1n) is 8.26. The Morgan fingerprint density at radius 3 is 2.64 bits per heavy atom. The van der Waals surface area contributed by atoms with Gasteiger partial charge in [0, 0.05) is 17.8 Å². The summed E-state index contributed by atoms with van der Waals surface area (Å²) in [6.07, 6.45) is 5.43. The summed E-state index contributed by atoms with van der Waals surface area (Å²) < 4.78 is 12.9. The van der Waals surface area contributed by atoms with Gasteiger partial charge in [-0.05, 0) is 49.9 Å². The summed E-state index contributed by atoms with van der Waals surface area (Å²) in [5, 5.41) is 13.5. The number of hydrogen-bond acceptors (Lipinski definition) is 5. The van der Waals surface area contributed by atoms with E-state index in [1.54, 1.807) is 0 Å². The van der Waals surface area contributed by atoms with Gasteiger partial charge in [-0.1, -0.05) is 18.2 Å². The third-order valence-corrected chi connectivity index (χ3v) is 5.06. The highest BCUT2D eigenvalue weighted by Gasteiger charge is 2.32. The summed E-state index contributed by atoms with van der Waals surface area (Å²) in [7, 11) is 0. The fourth-order valence-corrected chi connectivity index (χ4v) is 3.59. The van der Waals surface area contributed by atoms with Crippen molar-refractivity contribution in [1.29, 1.82) is 0 Å². The minimum atomic E-state index is -0.536. The molecule has 2 amide bonds. The number of thioether (sulfide) groups is 1. The average Bonchev–Trinajstić information content (AvgIpc) is 2.96. The van der Waals surface area contributed by atoms with Crippen molar-refractivity contribution >= 4 is 40.1 Å². The Morgan fingerprint density at radius 1 is 1.20 bits per heavy atom. The zero-order chi connectivity index (χ0) is 17.6. The van der Waals surface area contributed by atoms with Gasteiger partial charge in [-0.2, -0.15) is 5.10 Å². The Kier molecular flexibility index (Phi) is 5.80. The summed E-state index contributed by atoms with van der Waals surface area (Å²) in [5.41, 5.74) is 1.55. The van der Waals surface area contributed by atoms with Crippen LogP contribution in [0.5, 0.6) is 0 Å². The van der Waals surface area contributed by atoms with Crippen LogP contribution in [0.1, 0.15) is 38.5 Å². The largest absolute Gasteiger partial charge is 0.326 e. The van der Waals surface area contributed by atoms with Crippen molar-refractivity contribution in [3.63, 3.8) is 0 Å². The quantitative estimate of drug-likeness (QED) is 0.808. The van der Waals surface area contributed by atoms with Crippen LogP contribution in [0, 0.1) is 5.82 Å². The Balaban J connectivity index is 1.53. The van der Waals surface area contributed by atoms with Crippen molar-refractivity contribution in [2.75, 3.05) is 5.32 Å². The standard InChI is InChI=1S/C17H19FN4O2S/c18-11-6-8-12(9-7-11)19-15(23)10-14-16(24)20-17(25-14)22-21-13-4-2-1-3-5-13/h6-9,14H,1-5,10H2,(H,19,23)(H,20,22,24)/t14-/m0/s1. The molecule has 0 spiro atoms. The molecule has 1 aromatic rings. The summed E-state index contributed by atoms with van der Waals surface area (Å²) in [4.78, 5) is 24.0. The number of carbonyl (C=O) groups excluding carboxylic acids is 2. The van der Waals surface area contributed by atoms with E-state index >= 15 is 0 Å². The second-order valence-electron chi connectivity index (χ2n) is 5.99. The molecule has 132 valence electrons. The number of benzene rings is 1. The lowest BCUT2D eigenvalue weighted by Crippen LogP contribution is -2.28. The summed E-state index contributed by atoms with van der Waals surface area (Å²) in [6, 6.07) is 5.48. The Morgan fingerprint density at radius 2 is 1.92 bits per heavy atom. The Labute approximate surface area is 149 Å². The second kappa shape index (κ2) is 8.24. The molecule has 1 saturated heterocycles. The van der Waals surface area contributed by atoms with Crippen LogP contribution in [0.25, 0.3) is 0 Å². The van der Waals surface area contributed by atoms with Crippen LogP contribution >= 0.6 is 11.8 Å². The van der Waals surface area contributed by atoms with E-state index < -0.39 is 5.25 Å². The van der Waals surface area contributed by atoms with Crippen LogP contribution < -0.4 is 10.6 Å². The molecule has 0 bridgehead atoms. The van der Waals surface area contributed by atoms with Gasteiger partial charge in [-0.15, -0.1) is 5.10 Å². The number of amides is 2. The molecule has 3 rings (SSSR count). The number of rotatable bonds is 4. The smallest absolute Gasteiger partial charge is 0.240 e. The molecule has 1 heterocycles. The minimum absolute atomic E-state index is 0.0173. The first kappa shape index (κ1) is 17.6. The molecular weight excluding hydrogens is 343 g/mol. The zero-order valence-corrected chi connectivity index (χ0v) is 14.4. The number of nitrogens with one attached hydrogen (secondary N) is 2. The summed E-state index contributed by atoms with van der Waals surface area (Å²) in [5.74, 6) is -0.926. The van der Waals surface area contributed by atoms with Crippen LogP contribution in [0.3, 0.4) is 0 Å². The lowest BCUT2D eigenvalue weighted by Gasteiger charge is -2.10. The maximum absolute atomic E-state index is 12.9. The van der Waals surface area contributed by atoms with Gasteiger partial charge in [-0.3, -0.25) is 9.59 Å². The molecule has 0 aromatic heterocycles. The fourth-order valence-electron chi connectivity index (χ4n) is 2.68. The zero-order valence-electron chi connectivity index (χ0n) is 13.6. The van der Waals surface area contributed by atoms with Crippen molar-refractivity contribution in [2.24, 2.45) is 10.2 Å². The molecule has 1 aliphatic heterocycles. The minimum Gasteiger partial charge on any atom is -0.326 e. The highest BCUT2D eigenvalue weighted by molar-refractivity contribution is 8.15. The van der Waals surface area contributed by atoms with Gasteiger partial charge < -0.3 is 10.6 Å². The normalized spacial score (nSPS) is 22.0. The third kappa shape index (κ3) is 5.12. The second-order valence-corrected chi connectivity index (χ2v) is 7.18. The van der Waals surface area contributed by atoms with Gasteiger partial charge in [0.25, 0.3) is 0 Å². The van der Waals surface area contributed by atoms with Crippen molar-refractivity contribution < 1.29 is 14.0 Å². The van der Waals surface area contributed by atoms with Crippen LogP contribution in [0.4, 0.5) is 10.1 Å². The lowest BCUT2D eigenvalue weighted by atomic mass is 9.99. The van der Waals surface area contributed by atoms with Gasteiger partial charge >= 0.3 is 0 Å². The highest BCUT2D eigenvalue weighted by atomic mass is 32.2. The van der Waals surface area contributed by atoms with E-state index in [1.807, 2.05) is 0 Å². The van der Waals surface area contributed by atoms with Crippen molar-refractivity contribution in [1.82, 2.24) is 5.32 Å². The SMILES string of the molecule is O=C(C[C@@H]1S/C(=N/N=C2CCCCC2)NC1=O)Nc1ccc(F)cc1. The van der Waals surface area contributed by atoms with Crippen LogP contribution in [0.15, 0.2) is 34.5 Å². The van der Waals surface area contributed by atoms with E-state index in [0.29, 0.717) is 10.9 Å². The van der Waals surface area contributed by atoms with Gasteiger partial charge in [0.1, 0.15) is 11.1 Å². The molecule has 1 aliphatic carbocycles. The van der Waals surface area contributed by atoms with Gasteiger partial charge in [0.2, 0.25) is 11.8 Å². The molecule has 1 atom stereocenters. The van der Waals surface area contributed by atoms with Crippen LogP contribution in [-0.4, -0.2) is 27.9 Å². The first-order chi connectivity index (χ1) is 12.1. The van der Waals surface area contributed by atoms with E-state index in [1.165, 1.54) is 42.4 Å². The molecule has 8 heteroatoms. The topological polar surface area (TPSA) is 82.9 Å². The lowest BCUT2D eigenvalue weighted by molar-refractivity contribution is -0.122. The van der Waals surface area contributed by atoms with Crippen molar-refractivity contribution in [2.45, 2.75) is 43.8 Å². The predicted molar refractivity (Wildman–Crippen MR) is 97.1 cm³/mol. The highest BCUT2D eigenvalue weighted by Crippen LogP contribution is 2.23. The molecule has 0 radical (unpaired) electrons. The van der Waals surface area contributed by atoms with Gasteiger partial charge in [-0.25, -0.2) is 4.39 Å². The number of carbonyl (C=O) groups is 2. The number of halogens is 1. The third-order valence-electron chi connectivity index (χ3n) is 3.99. The number of nitrogens with zero attached hydrogens (tertiary/aromatic N) is 2. The van der Waals surface area contributed by atoms with E-state index in [9.17, 15) is 14.0 Å². The molecular formula is C17H19FN4O2S. The van der Waals surface area contributed by atoms with E-state index in [4.69, 9.17) is 0 Å². The molecule has 2 aliphatic rings. The average molecular weight is 362 g/mol. The first-order valence-corrected chi connectivity index (χ1v) is 9.14. The monoisotopic (exact) mass is 362 g/mol. The van der Waals surface area contributed by atoms with Crippen LogP contribution in [-0.2, 0) is 9.59 Å². The van der Waals surface area contributed by atoms with Gasteiger partial charge in [0.05, 0.1) is 0 Å². The molecule has 1 saturated carbocycles. The maximum Gasteiger partial charge on any atom is 0.240 e. The predicted octanol–water partition coefficient (Wildman–Crippen LogP) is 3.06. The summed E-state index contributed by atoms with van der Waals surface area (Å²) in [6.45, 7) is 0. The number of hydrogen-bond donors (Lipinski definition) is 2. The molecule has 1 aromatic carbocycles. The molecule has 2 fully saturated rings. The maximum atomic E-state index is 12.9. The number of amidine groups is 1. The van der Waals surface area contributed by atoms with Gasteiger partial charge in [0.15, 0.2) is 5.17 Å².